The fraction of sp³-hybridized carbons (Fsp3) is 0.346. The van der Waals surface area contributed by atoms with E-state index < -0.39 is 0 Å². The monoisotopic (exact) mass is 477 g/mol. The van der Waals surface area contributed by atoms with Gasteiger partial charge in [0, 0.05) is 35.8 Å². The lowest BCUT2D eigenvalue weighted by Gasteiger charge is -2.33. The molecule has 0 spiro atoms. The van der Waals surface area contributed by atoms with Crippen LogP contribution in [0.3, 0.4) is 0 Å². The van der Waals surface area contributed by atoms with E-state index in [4.69, 9.17) is 0 Å². The Kier molecular flexibility index (Phi) is 6.50. The highest BCUT2D eigenvalue weighted by molar-refractivity contribution is 5.93. The van der Waals surface area contributed by atoms with Crippen molar-refractivity contribution >= 4 is 28.1 Å². The van der Waals surface area contributed by atoms with Crippen molar-refractivity contribution < 1.29 is 14.1 Å². The number of quaternary nitrogens is 1. The Bertz CT molecular complexity index is 1400. The van der Waals surface area contributed by atoms with Gasteiger partial charge < -0.3 is 15.1 Å². The van der Waals surface area contributed by atoms with Gasteiger partial charge in [0.05, 0.1) is 38.2 Å². The lowest BCUT2D eigenvalue weighted by molar-refractivity contribution is -0.900. The molecular weight excluding hydrogens is 447 g/mol. The van der Waals surface area contributed by atoms with E-state index in [2.05, 4.69) is 15.2 Å². The molecule has 35 heavy (non-hydrogen) atoms. The molecule has 0 aliphatic carbocycles. The number of nitrogens with zero attached hydrogens (tertiary/aromatic N) is 4. The van der Waals surface area contributed by atoms with Gasteiger partial charge in [0.2, 0.25) is 5.91 Å². The number of fused-ring (bicyclic) bond motifs is 3. The van der Waals surface area contributed by atoms with Crippen molar-refractivity contribution in [2.24, 2.45) is 0 Å². The Labute approximate surface area is 202 Å². The Balaban J connectivity index is 1.14. The van der Waals surface area contributed by atoms with Gasteiger partial charge in [-0.2, -0.15) is 4.98 Å². The highest BCUT2D eigenvalue weighted by Crippen LogP contribution is 2.21. The first-order chi connectivity index (χ1) is 17.0. The maximum Gasteiger partial charge on any atom is 0.273 e. The van der Waals surface area contributed by atoms with Crippen LogP contribution in [0.4, 0.5) is 10.1 Å². The standard InChI is InChI=1S/C26H29FN6O2/c1-19-17-24(34)29-26-22-5-2-3-6-23(22)32(33(19)26)18-25(35)28-11-4-12-30-13-15-31(16-14-30)21-9-7-20(27)8-10-21/h2-3,5-10,17H,4,11-16,18H2,1H3,(H,28,35)/p+1. The molecule has 2 N–H and O–H groups in total. The molecule has 0 saturated carbocycles. The predicted molar refractivity (Wildman–Crippen MR) is 133 cm³/mol. The fourth-order valence-electron chi connectivity index (χ4n) is 4.96. The van der Waals surface area contributed by atoms with E-state index in [1.165, 1.54) is 23.1 Å². The smallest absolute Gasteiger partial charge is 0.273 e. The molecule has 9 heteroatoms. The normalized spacial score (nSPS) is 14.6. The first kappa shape index (κ1) is 23.0. The molecule has 0 bridgehead atoms. The maximum absolute atomic E-state index is 13.2. The molecule has 1 aliphatic rings. The van der Waals surface area contributed by atoms with Crippen LogP contribution in [0, 0.1) is 12.7 Å². The van der Waals surface area contributed by atoms with E-state index >= 15 is 0 Å². The second kappa shape index (κ2) is 9.87. The van der Waals surface area contributed by atoms with Gasteiger partial charge in [-0.25, -0.2) is 8.91 Å². The quantitative estimate of drug-likeness (QED) is 0.390. The van der Waals surface area contributed by atoms with Gasteiger partial charge in [-0.15, -0.1) is 0 Å². The second-order valence-corrected chi connectivity index (χ2v) is 9.11. The average molecular weight is 478 g/mol. The Morgan fingerprint density at radius 3 is 2.63 bits per heavy atom. The van der Waals surface area contributed by atoms with Crippen molar-refractivity contribution in [3.8, 4) is 0 Å². The number of aromatic nitrogens is 3. The Hall–Kier alpha value is -3.72. The highest BCUT2D eigenvalue weighted by atomic mass is 19.1. The van der Waals surface area contributed by atoms with Crippen LogP contribution >= 0.6 is 0 Å². The number of anilines is 1. The number of carbonyl (C=O) groups is 1. The molecule has 2 aromatic carbocycles. The number of piperazine rings is 1. The molecule has 5 rings (SSSR count). The van der Waals surface area contributed by atoms with Crippen molar-refractivity contribution in [3.63, 3.8) is 0 Å². The maximum atomic E-state index is 13.2. The molecule has 1 saturated heterocycles. The zero-order valence-corrected chi connectivity index (χ0v) is 19.8. The number of amides is 1. The first-order valence-electron chi connectivity index (χ1n) is 12.1. The van der Waals surface area contributed by atoms with Crippen LogP contribution in [0.15, 0.2) is 59.4 Å². The number of halogens is 1. The summed E-state index contributed by atoms with van der Waals surface area (Å²) in [5.74, 6) is -0.276. The van der Waals surface area contributed by atoms with E-state index in [9.17, 15) is 14.0 Å². The van der Waals surface area contributed by atoms with Crippen molar-refractivity contribution in [1.82, 2.24) is 19.5 Å². The third-order valence-electron chi connectivity index (χ3n) is 6.73. The molecule has 1 aliphatic heterocycles. The molecule has 182 valence electrons. The summed E-state index contributed by atoms with van der Waals surface area (Å²) in [7, 11) is 0. The second-order valence-electron chi connectivity index (χ2n) is 9.11. The van der Waals surface area contributed by atoms with E-state index in [0.29, 0.717) is 12.2 Å². The summed E-state index contributed by atoms with van der Waals surface area (Å²) in [5, 5.41) is 3.90. The zero-order valence-electron chi connectivity index (χ0n) is 19.8. The molecule has 2 aromatic heterocycles. The van der Waals surface area contributed by atoms with E-state index in [1.54, 1.807) is 0 Å². The number of hydrogen-bond acceptors (Lipinski definition) is 4. The molecule has 0 unspecified atom stereocenters. The number of nitrogens with one attached hydrogen (secondary N) is 2. The third-order valence-corrected chi connectivity index (χ3v) is 6.73. The minimum Gasteiger partial charge on any atom is -0.360 e. The lowest BCUT2D eigenvalue weighted by Crippen LogP contribution is -3.15. The van der Waals surface area contributed by atoms with Crippen LogP contribution in [0.2, 0.25) is 0 Å². The fourth-order valence-corrected chi connectivity index (χ4v) is 4.96. The van der Waals surface area contributed by atoms with Gasteiger partial charge in [0.1, 0.15) is 12.4 Å². The van der Waals surface area contributed by atoms with E-state index in [-0.39, 0.29) is 23.8 Å². The minimum absolute atomic E-state index is 0.0677. The van der Waals surface area contributed by atoms with Gasteiger partial charge in [-0.1, -0.05) is 12.1 Å². The SMILES string of the molecule is Cc1cc(=O)nc2c3ccccc3n(CC(=O)NCCC[NH+]3CCN(c4ccc(F)cc4)CC3)n12. The molecule has 8 nitrogen and oxygen atoms in total. The molecule has 1 fully saturated rings. The van der Waals surface area contributed by atoms with Crippen LogP contribution in [0.5, 0.6) is 0 Å². The Morgan fingerprint density at radius 1 is 1.11 bits per heavy atom. The van der Waals surface area contributed by atoms with Crippen molar-refractivity contribution in [1.29, 1.82) is 0 Å². The summed E-state index contributed by atoms with van der Waals surface area (Å²) >= 11 is 0. The molecular formula is C26H30FN6O2+. The first-order valence-corrected chi connectivity index (χ1v) is 12.1. The van der Waals surface area contributed by atoms with Crippen molar-refractivity contribution in [3.05, 3.63) is 76.5 Å². The zero-order chi connectivity index (χ0) is 24.4. The predicted octanol–water partition coefficient (Wildman–Crippen LogP) is 1.01. The average Bonchev–Trinajstić information content (AvgIpc) is 3.16. The lowest BCUT2D eigenvalue weighted by atomic mass is 10.2. The molecule has 0 radical (unpaired) electrons. The number of rotatable bonds is 7. The van der Waals surface area contributed by atoms with Gasteiger partial charge in [0.15, 0.2) is 5.65 Å². The summed E-state index contributed by atoms with van der Waals surface area (Å²) in [6.45, 7) is 7.55. The number of aryl methyl sites for hydroxylation is 1. The van der Waals surface area contributed by atoms with Crippen molar-refractivity contribution in [2.45, 2.75) is 19.9 Å². The van der Waals surface area contributed by atoms with Crippen molar-refractivity contribution in [2.75, 3.05) is 44.2 Å². The molecule has 3 heterocycles. The van der Waals surface area contributed by atoms with Gasteiger partial charge in [0.25, 0.3) is 5.56 Å². The van der Waals surface area contributed by atoms with E-state index in [1.807, 2.05) is 52.5 Å². The third kappa shape index (κ3) is 4.90. The largest absolute Gasteiger partial charge is 0.360 e. The van der Waals surface area contributed by atoms with E-state index in [0.717, 1.165) is 61.4 Å². The molecule has 4 aromatic rings. The summed E-state index contributed by atoms with van der Waals surface area (Å²) in [5.41, 5.74) is 2.97. The van der Waals surface area contributed by atoms with Crippen LogP contribution in [-0.2, 0) is 11.3 Å². The summed E-state index contributed by atoms with van der Waals surface area (Å²) in [4.78, 5) is 32.7. The van der Waals surface area contributed by atoms with Crippen LogP contribution < -0.4 is 20.7 Å². The number of carbonyl (C=O) groups excluding carboxylic acids is 1. The van der Waals surface area contributed by atoms with Crippen LogP contribution in [0.1, 0.15) is 12.1 Å². The van der Waals surface area contributed by atoms with Gasteiger partial charge in [-0.3, -0.25) is 14.3 Å². The highest BCUT2D eigenvalue weighted by Gasteiger charge is 2.20. The Morgan fingerprint density at radius 2 is 1.86 bits per heavy atom. The van der Waals surface area contributed by atoms with Gasteiger partial charge in [-0.05, 0) is 43.3 Å². The summed E-state index contributed by atoms with van der Waals surface area (Å²) in [6, 6.07) is 15.9. The number of para-hydroxylation sites is 1. The van der Waals surface area contributed by atoms with Gasteiger partial charge >= 0.3 is 0 Å². The number of benzene rings is 2. The summed E-state index contributed by atoms with van der Waals surface area (Å²) in [6.07, 6.45) is 0.901. The topological polar surface area (TPSA) is 76.1 Å². The molecule has 0 atom stereocenters. The van der Waals surface area contributed by atoms with Crippen LogP contribution in [0.25, 0.3) is 16.6 Å². The minimum atomic E-state index is -0.282. The van der Waals surface area contributed by atoms with Crippen LogP contribution in [-0.4, -0.2) is 59.4 Å². The number of hydrogen-bond donors (Lipinski definition) is 2. The molecule has 1 amide bonds. The summed E-state index contributed by atoms with van der Waals surface area (Å²) < 4.78 is 16.9.